The van der Waals surface area contributed by atoms with Gasteiger partial charge in [0, 0.05) is 0 Å². The molecule has 0 atom stereocenters. The van der Waals surface area contributed by atoms with Crippen LogP contribution in [0.1, 0.15) is 62.2 Å². The van der Waals surface area contributed by atoms with Gasteiger partial charge in [-0.2, -0.15) is 0 Å². The summed E-state index contributed by atoms with van der Waals surface area (Å²) in [5.74, 6) is 2.47. The van der Waals surface area contributed by atoms with Crippen LogP contribution >= 0.6 is 0 Å². The molecule has 0 radical (unpaired) electrons. The third-order valence-electron chi connectivity index (χ3n) is 5.01. The lowest BCUT2D eigenvalue weighted by molar-refractivity contribution is 0.00108. The van der Waals surface area contributed by atoms with E-state index in [1.165, 1.54) is 25.7 Å². The molecule has 0 N–H and O–H groups in total. The molecule has 3 heteroatoms. The molecule has 114 valence electrons. The Morgan fingerprint density at radius 2 is 2.10 bits per heavy atom. The fourth-order valence-electron chi connectivity index (χ4n) is 3.78. The first-order valence-corrected chi connectivity index (χ1v) is 8.06. The zero-order valence-electron chi connectivity index (χ0n) is 13.0. The van der Waals surface area contributed by atoms with E-state index in [0.717, 1.165) is 24.5 Å². The largest absolute Gasteiger partial charge is 0.497 e. The van der Waals surface area contributed by atoms with Gasteiger partial charge >= 0.3 is 0 Å². The van der Waals surface area contributed by atoms with Crippen molar-refractivity contribution in [2.75, 3.05) is 7.11 Å². The number of methoxy groups -OCH3 is 1. The highest BCUT2D eigenvalue weighted by Crippen LogP contribution is 2.44. The number of Topliss-reactive ketones (excluding diaryl/α,β-unsaturated/α-hetero) is 1. The lowest BCUT2D eigenvalue weighted by atomic mass is 9.73. The van der Waals surface area contributed by atoms with Crippen molar-refractivity contribution in [3.8, 4) is 11.5 Å². The third-order valence-corrected chi connectivity index (χ3v) is 5.01. The number of carbonyl (C=O) groups excluding carboxylic acids is 1. The van der Waals surface area contributed by atoms with Gasteiger partial charge in [-0.15, -0.1) is 0 Å². The first kappa shape index (κ1) is 14.4. The van der Waals surface area contributed by atoms with Crippen LogP contribution in [0.2, 0.25) is 0 Å². The number of hydrogen-bond donors (Lipinski definition) is 0. The summed E-state index contributed by atoms with van der Waals surface area (Å²) in [6.07, 6.45) is 7.47. The Bertz CT molecular complexity index is 527. The van der Waals surface area contributed by atoms with Crippen LogP contribution in [0.3, 0.4) is 0 Å². The maximum absolute atomic E-state index is 12.5. The van der Waals surface area contributed by atoms with E-state index in [2.05, 4.69) is 6.92 Å². The number of hydrogen-bond acceptors (Lipinski definition) is 3. The van der Waals surface area contributed by atoms with Crippen molar-refractivity contribution >= 4 is 5.78 Å². The number of fused-ring (bicyclic) bond motifs is 1. The molecule has 1 spiro atoms. The topological polar surface area (TPSA) is 35.5 Å². The molecule has 1 heterocycles. The summed E-state index contributed by atoms with van der Waals surface area (Å²) in [7, 11) is 1.62. The van der Waals surface area contributed by atoms with E-state index in [0.29, 0.717) is 17.7 Å². The molecule has 1 fully saturated rings. The van der Waals surface area contributed by atoms with E-state index >= 15 is 0 Å². The van der Waals surface area contributed by atoms with E-state index in [-0.39, 0.29) is 11.4 Å². The molecule has 1 aliphatic heterocycles. The molecule has 1 aliphatic carbocycles. The fraction of sp³-hybridized carbons (Fsp3) is 0.611. The van der Waals surface area contributed by atoms with Crippen LogP contribution in [-0.2, 0) is 0 Å². The summed E-state index contributed by atoms with van der Waals surface area (Å²) >= 11 is 0. The van der Waals surface area contributed by atoms with E-state index < -0.39 is 0 Å². The number of ether oxygens (including phenoxy) is 2. The Labute approximate surface area is 126 Å². The van der Waals surface area contributed by atoms with Crippen molar-refractivity contribution in [3.63, 3.8) is 0 Å². The average molecular weight is 288 g/mol. The molecule has 0 aromatic heterocycles. The second kappa shape index (κ2) is 5.70. The molecule has 0 saturated heterocycles. The smallest absolute Gasteiger partial charge is 0.170 e. The van der Waals surface area contributed by atoms with Crippen LogP contribution in [0.4, 0.5) is 0 Å². The Morgan fingerprint density at radius 1 is 1.33 bits per heavy atom. The summed E-state index contributed by atoms with van der Waals surface area (Å²) < 4.78 is 11.5. The third kappa shape index (κ3) is 2.78. The van der Waals surface area contributed by atoms with E-state index in [1.54, 1.807) is 13.2 Å². The summed E-state index contributed by atoms with van der Waals surface area (Å²) in [6, 6.07) is 5.55. The van der Waals surface area contributed by atoms with Crippen LogP contribution in [0.25, 0.3) is 0 Å². The van der Waals surface area contributed by atoms with Gasteiger partial charge in [0.05, 0.1) is 19.1 Å². The summed E-state index contributed by atoms with van der Waals surface area (Å²) in [5, 5.41) is 0. The van der Waals surface area contributed by atoms with E-state index in [4.69, 9.17) is 9.47 Å². The second-order valence-electron chi connectivity index (χ2n) is 6.48. The molecule has 0 bridgehead atoms. The molecule has 3 nitrogen and oxygen atoms in total. The minimum absolute atomic E-state index is 0.198. The monoisotopic (exact) mass is 288 g/mol. The van der Waals surface area contributed by atoms with Gasteiger partial charge in [-0.05, 0) is 49.8 Å². The summed E-state index contributed by atoms with van der Waals surface area (Å²) in [6.45, 7) is 2.24. The quantitative estimate of drug-likeness (QED) is 0.827. The molecule has 1 aromatic rings. The second-order valence-corrected chi connectivity index (χ2v) is 6.48. The van der Waals surface area contributed by atoms with Crippen LogP contribution in [0.15, 0.2) is 18.2 Å². The predicted molar refractivity (Wildman–Crippen MR) is 82.2 cm³/mol. The van der Waals surface area contributed by atoms with Gasteiger partial charge in [0.25, 0.3) is 0 Å². The van der Waals surface area contributed by atoms with Gasteiger partial charge in [0.1, 0.15) is 17.1 Å². The van der Waals surface area contributed by atoms with Crippen LogP contribution < -0.4 is 9.47 Å². The number of benzene rings is 1. The minimum Gasteiger partial charge on any atom is -0.497 e. The summed E-state index contributed by atoms with van der Waals surface area (Å²) in [5.41, 5.74) is 0.429. The van der Waals surface area contributed by atoms with Gasteiger partial charge in [-0.25, -0.2) is 0 Å². The Kier molecular flexibility index (Phi) is 3.92. The average Bonchev–Trinajstić information content (AvgIpc) is 2.50. The maximum atomic E-state index is 12.5. The molecular weight excluding hydrogens is 264 g/mol. The van der Waals surface area contributed by atoms with Crippen molar-refractivity contribution < 1.29 is 14.3 Å². The van der Waals surface area contributed by atoms with Crippen LogP contribution in [0, 0.1) is 5.92 Å². The highest BCUT2D eigenvalue weighted by atomic mass is 16.5. The molecule has 3 rings (SSSR count). The van der Waals surface area contributed by atoms with Crippen molar-refractivity contribution in [3.05, 3.63) is 23.8 Å². The molecule has 21 heavy (non-hydrogen) atoms. The first-order chi connectivity index (χ1) is 10.2. The van der Waals surface area contributed by atoms with Crippen molar-refractivity contribution in [2.24, 2.45) is 5.92 Å². The Hall–Kier alpha value is -1.51. The van der Waals surface area contributed by atoms with E-state index in [9.17, 15) is 4.79 Å². The minimum atomic E-state index is -0.247. The zero-order chi connectivity index (χ0) is 14.9. The van der Waals surface area contributed by atoms with E-state index in [1.807, 2.05) is 12.1 Å². The van der Waals surface area contributed by atoms with Gasteiger partial charge in [0.2, 0.25) is 0 Å². The number of carbonyl (C=O) groups is 1. The fourth-order valence-corrected chi connectivity index (χ4v) is 3.78. The number of ketones is 1. The maximum Gasteiger partial charge on any atom is 0.170 e. The molecule has 1 aromatic carbocycles. The van der Waals surface area contributed by atoms with Crippen molar-refractivity contribution in [2.45, 2.75) is 57.5 Å². The van der Waals surface area contributed by atoms with Crippen LogP contribution in [-0.4, -0.2) is 18.5 Å². The summed E-state index contributed by atoms with van der Waals surface area (Å²) in [4.78, 5) is 12.5. The SMILES string of the molecule is CCCC1CCC2(CC1)CC(=O)c1cc(OC)ccc1O2. The highest BCUT2D eigenvalue weighted by molar-refractivity contribution is 6.00. The molecule has 1 saturated carbocycles. The molecular formula is C18H24O3. The normalized spacial score (nSPS) is 28.1. The highest BCUT2D eigenvalue weighted by Gasteiger charge is 2.43. The van der Waals surface area contributed by atoms with Gasteiger partial charge in [-0.3, -0.25) is 4.79 Å². The molecule has 0 unspecified atom stereocenters. The lowest BCUT2D eigenvalue weighted by Crippen LogP contribution is -2.44. The van der Waals surface area contributed by atoms with Gasteiger partial charge < -0.3 is 9.47 Å². The Balaban J connectivity index is 1.78. The van der Waals surface area contributed by atoms with Crippen LogP contribution in [0.5, 0.6) is 11.5 Å². The number of rotatable bonds is 3. The molecule has 2 aliphatic rings. The molecule has 0 amide bonds. The van der Waals surface area contributed by atoms with Crippen molar-refractivity contribution in [1.82, 2.24) is 0 Å². The lowest BCUT2D eigenvalue weighted by Gasteiger charge is -2.42. The van der Waals surface area contributed by atoms with Crippen molar-refractivity contribution in [1.29, 1.82) is 0 Å². The van der Waals surface area contributed by atoms with Gasteiger partial charge in [0.15, 0.2) is 5.78 Å². The zero-order valence-corrected chi connectivity index (χ0v) is 13.0. The first-order valence-electron chi connectivity index (χ1n) is 8.06. The predicted octanol–water partition coefficient (Wildman–Crippen LogP) is 4.39. The standard InChI is InChI=1S/C18H24O3/c1-3-4-13-7-9-18(10-8-13)12-16(19)15-11-14(20-2)5-6-17(15)21-18/h5-6,11,13H,3-4,7-10,12H2,1-2H3. The Morgan fingerprint density at radius 3 is 2.76 bits per heavy atom. The van der Waals surface area contributed by atoms with Gasteiger partial charge in [-0.1, -0.05) is 19.8 Å².